The molecule has 192 valence electrons. The number of Topliss-reactive ketones (excluding diaryl/α,β-unsaturated/α-hetero) is 1. The summed E-state index contributed by atoms with van der Waals surface area (Å²) in [5.74, 6) is -5.20. The van der Waals surface area contributed by atoms with Gasteiger partial charge in [-0.3, -0.25) is 14.4 Å². The van der Waals surface area contributed by atoms with Crippen molar-refractivity contribution in [2.75, 3.05) is 6.61 Å². The summed E-state index contributed by atoms with van der Waals surface area (Å²) in [6.45, 7) is 2.26. The number of alkyl halides is 1. The number of fused-ring (bicyclic) bond motifs is 5. The zero-order chi connectivity index (χ0) is 26.0. The van der Waals surface area contributed by atoms with E-state index in [0.29, 0.717) is 12.0 Å². The number of carbonyl (C=O) groups excluding carboxylic acids is 4. The standard InChI is InChI=1S/C25H31FO9.Na/c1-22-8-7-14(27)9-13(22)3-4-15-16-10-17(28)25(34,23(16,2)11-18(29)24(15,22)26)19(30)12-35-21(33)6-5-20(31)32;/h7-9,15-18,28-29,34H,3-6,10-12H2,1-2H3,(H,31,32);/q;+1/p-1/t15?,16?,17-,18+,22+,23+,24?,25+;/m1./s1. The van der Waals surface area contributed by atoms with E-state index in [0.717, 1.165) is 0 Å². The Morgan fingerprint density at radius 1 is 1.17 bits per heavy atom. The number of rotatable bonds is 6. The first kappa shape index (κ1) is 29.1. The number of halogens is 1. The third-order valence-corrected chi connectivity index (χ3v) is 9.18. The Morgan fingerprint density at radius 3 is 2.47 bits per heavy atom. The second kappa shape index (κ2) is 9.71. The second-order valence-electron chi connectivity index (χ2n) is 10.7. The van der Waals surface area contributed by atoms with Gasteiger partial charge in [-0.1, -0.05) is 18.6 Å². The van der Waals surface area contributed by atoms with E-state index in [4.69, 9.17) is 4.74 Å². The number of aliphatic hydroxyl groups is 3. The summed E-state index contributed by atoms with van der Waals surface area (Å²) >= 11 is 0. The van der Waals surface area contributed by atoms with Crippen LogP contribution < -0.4 is 34.7 Å². The number of ether oxygens (including phenoxy) is 1. The van der Waals surface area contributed by atoms with Gasteiger partial charge >= 0.3 is 35.5 Å². The Kier molecular flexibility index (Phi) is 7.85. The molecule has 0 heterocycles. The molecule has 0 spiro atoms. The summed E-state index contributed by atoms with van der Waals surface area (Å²) in [5.41, 5.74) is -6.70. The molecule has 0 aromatic rings. The van der Waals surface area contributed by atoms with Gasteiger partial charge in [0.2, 0.25) is 5.78 Å². The van der Waals surface area contributed by atoms with E-state index in [9.17, 15) is 39.6 Å². The van der Waals surface area contributed by atoms with Crippen molar-refractivity contribution < 1.29 is 78.3 Å². The molecule has 3 unspecified atom stereocenters. The van der Waals surface area contributed by atoms with Crippen LogP contribution >= 0.6 is 0 Å². The Labute approximate surface area is 230 Å². The zero-order valence-corrected chi connectivity index (χ0v) is 22.7. The predicted octanol–water partition coefficient (Wildman–Crippen LogP) is -3.29. The van der Waals surface area contributed by atoms with E-state index < -0.39 is 83.3 Å². The van der Waals surface area contributed by atoms with Crippen LogP contribution in [-0.4, -0.2) is 68.9 Å². The summed E-state index contributed by atoms with van der Waals surface area (Å²) in [7, 11) is 0. The van der Waals surface area contributed by atoms with Crippen LogP contribution in [0, 0.1) is 22.7 Å². The molecule has 3 N–H and O–H groups in total. The number of esters is 1. The Bertz CT molecular complexity index is 1040. The molecule has 3 saturated carbocycles. The first-order valence-electron chi connectivity index (χ1n) is 11.8. The van der Waals surface area contributed by atoms with Crippen LogP contribution in [-0.2, 0) is 23.9 Å². The third-order valence-electron chi connectivity index (χ3n) is 9.18. The molecule has 0 aliphatic heterocycles. The van der Waals surface area contributed by atoms with Crippen molar-refractivity contribution in [1.29, 1.82) is 0 Å². The van der Waals surface area contributed by atoms with Crippen LogP contribution in [0.15, 0.2) is 23.8 Å². The normalized spacial score (nSPS) is 42.8. The van der Waals surface area contributed by atoms with E-state index in [2.05, 4.69) is 0 Å². The largest absolute Gasteiger partial charge is 1.00 e. The molecular formula is C25H30FNaO9. The number of carboxylic acid groups (broad SMARTS) is 1. The summed E-state index contributed by atoms with van der Waals surface area (Å²) < 4.78 is 21.8. The summed E-state index contributed by atoms with van der Waals surface area (Å²) in [4.78, 5) is 47.3. The van der Waals surface area contributed by atoms with Gasteiger partial charge in [-0.2, -0.15) is 0 Å². The minimum absolute atomic E-state index is 0. The fraction of sp³-hybridized carbons (Fsp3) is 0.680. The predicted molar refractivity (Wildman–Crippen MR) is 115 cm³/mol. The first-order chi connectivity index (χ1) is 16.2. The van der Waals surface area contributed by atoms with Gasteiger partial charge in [0.1, 0.15) is 0 Å². The molecule has 0 aromatic carbocycles. The molecule has 8 atom stereocenters. The molecule has 4 aliphatic carbocycles. The van der Waals surface area contributed by atoms with E-state index in [1.165, 1.54) is 25.2 Å². The zero-order valence-electron chi connectivity index (χ0n) is 20.7. The minimum atomic E-state index is -2.41. The van der Waals surface area contributed by atoms with Crippen LogP contribution in [0.4, 0.5) is 4.39 Å². The smallest absolute Gasteiger partial charge is 0.550 e. The maximum atomic E-state index is 17.0. The number of ketones is 2. The molecule has 0 saturated heterocycles. The van der Waals surface area contributed by atoms with Crippen LogP contribution in [0.25, 0.3) is 0 Å². The van der Waals surface area contributed by atoms with E-state index in [1.54, 1.807) is 6.92 Å². The Balaban J connectivity index is 0.00000361. The van der Waals surface area contributed by atoms with Crippen LogP contribution in [0.2, 0.25) is 0 Å². The number of carbonyl (C=O) groups is 4. The van der Waals surface area contributed by atoms with E-state index in [-0.39, 0.29) is 54.6 Å². The topological polar surface area (TPSA) is 161 Å². The van der Waals surface area contributed by atoms with Gasteiger partial charge in [-0.05, 0) is 57.1 Å². The van der Waals surface area contributed by atoms with Crippen LogP contribution in [0.1, 0.15) is 52.4 Å². The quantitative estimate of drug-likeness (QED) is 0.243. The van der Waals surface area contributed by atoms with E-state index in [1.807, 2.05) is 0 Å². The average molecular weight is 516 g/mol. The summed E-state index contributed by atoms with van der Waals surface area (Å²) in [6.07, 6.45) is 0.0513. The molecule has 0 bridgehead atoms. The molecule has 0 radical (unpaired) electrons. The van der Waals surface area contributed by atoms with Crippen LogP contribution in [0.3, 0.4) is 0 Å². The van der Waals surface area contributed by atoms with Gasteiger partial charge < -0.3 is 30.0 Å². The molecule has 0 amide bonds. The fourth-order valence-corrected chi connectivity index (χ4v) is 7.26. The van der Waals surface area contributed by atoms with Crippen molar-refractivity contribution >= 4 is 23.5 Å². The number of carboxylic acids is 1. The minimum Gasteiger partial charge on any atom is -0.550 e. The molecule has 11 heteroatoms. The van der Waals surface area contributed by atoms with Crippen molar-refractivity contribution in [1.82, 2.24) is 0 Å². The van der Waals surface area contributed by atoms with Gasteiger partial charge in [0.15, 0.2) is 23.7 Å². The maximum Gasteiger partial charge on any atom is 1.00 e. The maximum absolute atomic E-state index is 17.0. The number of aliphatic carboxylic acids is 1. The Hall–Kier alpha value is -1.43. The molecule has 4 rings (SSSR count). The molecule has 4 aliphatic rings. The molecular weight excluding hydrogens is 486 g/mol. The Morgan fingerprint density at radius 2 is 1.83 bits per heavy atom. The third kappa shape index (κ3) is 3.96. The van der Waals surface area contributed by atoms with E-state index >= 15 is 4.39 Å². The van der Waals surface area contributed by atoms with Gasteiger partial charge in [0.05, 0.1) is 18.6 Å². The monoisotopic (exact) mass is 516 g/mol. The first-order valence-corrected chi connectivity index (χ1v) is 11.8. The molecule has 3 fully saturated rings. The summed E-state index contributed by atoms with van der Waals surface area (Å²) in [5, 5.41) is 44.1. The number of aliphatic hydroxyl groups excluding tert-OH is 2. The second-order valence-corrected chi connectivity index (χ2v) is 10.7. The van der Waals surface area contributed by atoms with Gasteiger partial charge in [-0.25, -0.2) is 4.39 Å². The van der Waals surface area contributed by atoms with Crippen molar-refractivity contribution in [2.24, 2.45) is 22.7 Å². The fourth-order valence-electron chi connectivity index (χ4n) is 7.26. The van der Waals surface area contributed by atoms with Gasteiger partial charge in [0.25, 0.3) is 0 Å². The van der Waals surface area contributed by atoms with Gasteiger partial charge in [0, 0.05) is 22.7 Å². The molecule has 0 aromatic heterocycles. The SMILES string of the molecule is C[C@]12C=CC(=O)C=C1CCC1C3C[C@@H](O)[C@](O)(C(=O)COC(=O)CCC(=O)[O-])[C@@]3(C)C[C@H](O)C12F.[Na+]. The van der Waals surface area contributed by atoms with Crippen molar-refractivity contribution in [3.63, 3.8) is 0 Å². The van der Waals surface area contributed by atoms with Crippen molar-refractivity contribution in [2.45, 2.75) is 75.9 Å². The number of allylic oxidation sites excluding steroid dienone is 4. The molecule has 36 heavy (non-hydrogen) atoms. The summed E-state index contributed by atoms with van der Waals surface area (Å²) in [6, 6.07) is 0. The average Bonchev–Trinajstić information content (AvgIpc) is 2.99. The van der Waals surface area contributed by atoms with Crippen molar-refractivity contribution in [3.05, 3.63) is 23.8 Å². The number of hydrogen-bond donors (Lipinski definition) is 3. The van der Waals surface area contributed by atoms with Gasteiger partial charge in [-0.15, -0.1) is 0 Å². The molecule has 9 nitrogen and oxygen atoms in total. The number of hydrogen-bond acceptors (Lipinski definition) is 9. The van der Waals surface area contributed by atoms with Crippen molar-refractivity contribution in [3.8, 4) is 0 Å². The van der Waals surface area contributed by atoms with Crippen LogP contribution in [0.5, 0.6) is 0 Å².